The molecule has 2 saturated heterocycles. The van der Waals surface area contributed by atoms with Gasteiger partial charge in [-0.3, -0.25) is 14.6 Å². The molecule has 2 aliphatic heterocycles. The van der Waals surface area contributed by atoms with Crippen LogP contribution >= 0.6 is 0 Å². The van der Waals surface area contributed by atoms with E-state index in [-0.39, 0.29) is 43.0 Å². The lowest BCUT2D eigenvalue weighted by Crippen LogP contribution is -2.73. The predicted molar refractivity (Wildman–Crippen MR) is 123 cm³/mol. The van der Waals surface area contributed by atoms with E-state index in [9.17, 15) is 14.7 Å². The van der Waals surface area contributed by atoms with Gasteiger partial charge >= 0.3 is 0 Å². The number of aliphatic hydroxyl groups is 1. The fourth-order valence-corrected chi connectivity index (χ4v) is 5.03. The lowest BCUT2D eigenvalue weighted by atomic mass is 9.73. The van der Waals surface area contributed by atoms with Crippen molar-refractivity contribution in [3.63, 3.8) is 0 Å². The molecule has 0 unspecified atom stereocenters. The highest BCUT2D eigenvalue weighted by atomic mass is 16.5. The summed E-state index contributed by atoms with van der Waals surface area (Å²) in [7, 11) is 1.65. The summed E-state index contributed by atoms with van der Waals surface area (Å²) in [4.78, 5) is 33.1. The Morgan fingerprint density at radius 2 is 1.85 bits per heavy atom. The lowest BCUT2D eigenvalue weighted by molar-refractivity contribution is -0.159. The molecule has 33 heavy (non-hydrogen) atoms. The van der Waals surface area contributed by atoms with Crippen molar-refractivity contribution < 1.29 is 19.4 Å². The number of aromatic nitrogens is 1. The number of benzene rings is 2. The SMILES string of the molecule is COc1cccc(-c2ccc([C@H]3[C@@H](CO)N4C(=O)CN(C(=O)c5ccncc5)C[C@@H]34)cc2)c1. The van der Waals surface area contributed by atoms with E-state index in [4.69, 9.17) is 4.74 Å². The number of aliphatic hydroxyl groups excluding tert-OH is 1. The maximum absolute atomic E-state index is 12.9. The monoisotopic (exact) mass is 443 g/mol. The highest BCUT2D eigenvalue weighted by molar-refractivity contribution is 5.97. The van der Waals surface area contributed by atoms with Crippen molar-refractivity contribution in [2.45, 2.75) is 18.0 Å². The van der Waals surface area contributed by atoms with Crippen LogP contribution in [0.15, 0.2) is 73.1 Å². The molecule has 0 aliphatic carbocycles. The van der Waals surface area contributed by atoms with Gasteiger partial charge in [-0.1, -0.05) is 36.4 Å². The van der Waals surface area contributed by atoms with E-state index in [1.807, 2.05) is 48.5 Å². The molecule has 2 fully saturated rings. The van der Waals surface area contributed by atoms with E-state index in [0.29, 0.717) is 12.1 Å². The zero-order valence-electron chi connectivity index (χ0n) is 18.3. The quantitative estimate of drug-likeness (QED) is 0.655. The number of piperazine rings is 1. The van der Waals surface area contributed by atoms with Gasteiger partial charge in [0.2, 0.25) is 5.91 Å². The molecule has 1 aromatic heterocycles. The van der Waals surface area contributed by atoms with E-state index in [1.165, 1.54) is 0 Å². The van der Waals surface area contributed by atoms with E-state index >= 15 is 0 Å². The standard InChI is InChI=1S/C26H25N3O4/c1-33-21-4-2-3-20(13-21)17-5-7-18(8-6-17)25-22-14-28(15-24(31)29(22)23(25)16-30)26(32)19-9-11-27-12-10-19/h2-13,22-23,25,30H,14-16H2,1H3/t22-,23+,25+/m0/s1. The molecule has 5 rings (SSSR count). The number of hydrogen-bond acceptors (Lipinski definition) is 5. The molecule has 0 bridgehead atoms. The van der Waals surface area contributed by atoms with Gasteiger partial charge in [0.05, 0.1) is 25.8 Å². The topological polar surface area (TPSA) is 83.0 Å². The van der Waals surface area contributed by atoms with Crippen LogP contribution in [0.5, 0.6) is 5.75 Å². The minimum absolute atomic E-state index is 0.0235. The number of carbonyl (C=O) groups is 2. The summed E-state index contributed by atoms with van der Waals surface area (Å²) in [6.07, 6.45) is 3.15. The number of hydrogen-bond donors (Lipinski definition) is 1. The summed E-state index contributed by atoms with van der Waals surface area (Å²) in [5.74, 6) is 0.458. The largest absolute Gasteiger partial charge is 0.497 e. The Bertz CT molecular complexity index is 1170. The van der Waals surface area contributed by atoms with Crippen LogP contribution in [-0.4, -0.2) is 70.6 Å². The Balaban J connectivity index is 1.38. The third-order valence-electron chi connectivity index (χ3n) is 6.67. The van der Waals surface area contributed by atoms with Crippen molar-refractivity contribution >= 4 is 11.8 Å². The molecule has 7 nitrogen and oxygen atoms in total. The molecular weight excluding hydrogens is 418 g/mol. The first-order valence-corrected chi connectivity index (χ1v) is 11.0. The van der Waals surface area contributed by atoms with Gasteiger partial charge in [0.25, 0.3) is 5.91 Å². The summed E-state index contributed by atoms with van der Waals surface area (Å²) in [5, 5.41) is 10.0. The molecule has 0 spiro atoms. The van der Waals surface area contributed by atoms with Crippen molar-refractivity contribution in [2.75, 3.05) is 26.8 Å². The molecule has 3 aromatic rings. The van der Waals surface area contributed by atoms with Crippen LogP contribution in [0.25, 0.3) is 11.1 Å². The number of carbonyl (C=O) groups excluding carboxylic acids is 2. The summed E-state index contributed by atoms with van der Waals surface area (Å²) in [6, 6.07) is 19.0. The number of nitrogens with zero attached hydrogens (tertiary/aromatic N) is 3. The number of rotatable bonds is 5. The minimum Gasteiger partial charge on any atom is -0.497 e. The molecule has 2 aliphatic rings. The normalized spacial score (nSPS) is 21.9. The number of amides is 2. The van der Waals surface area contributed by atoms with Crippen LogP contribution < -0.4 is 4.74 Å². The molecular formula is C26H25N3O4. The van der Waals surface area contributed by atoms with Gasteiger partial charge in [0.15, 0.2) is 0 Å². The van der Waals surface area contributed by atoms with Crippen LogP contribution in [0.3, 0.4) is 0 Å². The number of methoxy groups -OCH3 is 1. The highest BCUT2D eigenvalue weighted by Gasteiger charge is 2.54. The van der Waals surface area contributed by atoms with Gasteiger partial charge in [-0.15, -0.1) is 0 Å². The second-order valence-corrected chi connectivity index (χ2v) is 8.42. The Kier molecular flexibility index (Phi) is 5.56. The molecule has 0 radical (unpaired) electrons. The molecule has 2 amide bonds. The zero-order chi connectivity index (χ0) is 22.9. The molecule has 3 heterocycles. The van der Waals surface area contributed by atoms with Crippen LogP contribution in [0.2, 0.25) is 0 Å². The van der Waals surface area contributed by atoms with Gasteiger partial charge in [-0.05, 0) is 41.0 Å². The predicted octanol–water partition coefficient (Wildman–Crippen LogP) is 2.57. The van der Waals surface area contributed by atoms with Gasteiger partial charge in [-0.2, -0.15) is 0 Å². The zero-order valence-corrected chi connectivity index (χ0v) is 18.3. The van der Waals surface area contributed by atoms with E-state index in [2.05, 4.69) is 4.98 Å². The molecule has 3 atom stereocenters. The number of fused-ring (bicyclic) bond motifs is 1. The maximum Gasteiger partial charge on any atom is 0.254 e. The van der Waals surface area contributed by atoms with Crippen LogP contribution in [-0.2, 0) is 4.79 Å². The van der Waals surface area contributed by atoms with Crippen molar-refractivity contribution in [1.29, 1.82) is 0 Å². The van der Waals surface area contributed by atoms with Gasteiger partial charge in [-0.25, -0.2) is 0 Å². The van der Waals surface area contributed by atoms with E-state index in [1.54, 1.807) is 41.4 Å². The van der Waals surface area contributed by atoms with Crippen molar-refractivity contribution in [3.05, 3.63) is 84.2 Å². The summed E-state index contributed by atoms with van der Waals surface area (Å²) >= 11 is 0. The molecule has 168 valence electrons. The van der Waals surface area contributed by atoms with Gasteiger partial charge in [0.1, 0.15) is 12.3 Å². The average Bonchev–Trinajstić information content (AvgIpc) is 2.85. The van der Waals surface area contributed by atoms with E-state index < -0.39 is 0 Å². The summed E-state index contributed by atoms with van der Waals surface area (Å²) in [6.45, 7) is 0.351. The lowest BCUT2D eigenvalue weighted by Gasteiger charge is -2.58. The molecule has 7 heteroatoms. The summed E-state index contributed by atoms with van der Waals surface area (Å²) in [5.41, 5.74) is 3.68. The molecule has 1 N–H and O–H groups in total. The van der Waals surface area contributed by atoms with Gasteiger partial charge < -0.3 is 19.6 Å². The van der Waals surface area contributed by atoms with Crippen molar-refractivity contribution in [3.8, 4) is 16.9 Å². The fraction of sp³-hybridized carbons (Fsp3) is 0.269. The number of pyridine rings is 1. The highest BCUT2D eigenvalue weighted by Crippen LogP contribution is 2.43. The number of ether oxygens (including phenoxy) is 1. The maximum atomic E-state index is 12.9. The Morgan fingerprint density at radius 3 is 2.55 bits per heavy atom. The second kappa shape index (κ2) is 8.67. The smallest absolute Gasteiger partial charge is 0.254 e. The Morgan fingerprint density at radius 1 is 1.09 bits per heavy atom. The fourth-order valence-electron chi connectivity index (χ4n) is 5.03. The van der Waals surface area contributed by atoms with Crippen molar-refractivity contribution in [2.24, 2.45) is 0 Å². The first kappa shape index (κ1) is 21.2. The Hall–Kier alpha value is -3.71. The molecule has 2 aromatic carbocycles. The van der Waals surface area contributed by atoms with Crippen molar-refractivity contribution in [1.82, 2.24) is 14.8 Å². The third-order valence-corrected chi connectivity index (χ3v) is 6.67. The average molecular weight is 444 g/mol. The van der Waals surface area contributed by atoms with Crippen LogP contribution in [0.1, 0.15) is 21.8 Å². The van der Waals surface area contributed by atoms with Crippen LogP contribution in [0.4, 0.5) is 0 Å². The molecule has 0 saturated carbocycles. The second-order valence-electron chi connectivity index (χ2n) is 8.42. The minimum atomic E-state index is -0.275. The third kappa shape index (κ3) is 3.74. The first-order chi connectivity index (χ1) is 16.1. The van der Waals surface area contributed by atoms with Crippen LogP contribution in [0, 0.1) is 0 Å². The van der Waals surface area contributed by atoms with Gasteiger partial charge in [0, 0.05) is 30.4 Å². The Labute approximate surface area is 192 Å². The first-order valence-electron chi connectivity index (χ1n) is 11.0. The summed E-state index contributed by atoms with van der Waals surface area (Å²) < 4.78 is 5.32. The van der Waals surface area contributed by atoms with E-state index in [0.717, 1.165) is 22.4 Å².